The van der Waals surface area contributed by atoms with Crippen LogP contribution in [0, 0.1) is 6.92 Å². The molecule has 0 fully saturated rings. The lowest BCUT2D eigenvalue weighted by molar-refractivity contribution is 0.0954. The predicted octanol–water partition coefficient (Wildman–Crippen LogP) is 1.20. The molecule has 0 saturated carbocycles. The third-order valence-corrected chi connectivity index (χ3v) is 2.66. The number of H-pyrrole nitrogens is 1. The van der Waals surface area contributed by atoms with Crippen molar-refractivity contribution in [2.45, 2.75) is 6.92 Å². The lowest BCUT2D eigenvalue weighted by atomic mass is 10.2. The van der Waals surface area contributed by atoms with Crippen LogP contribution in [0.4, 0.5) is 0 Å². The summed E-state index contributed by atoms with van der Waals surface area (Å²) >= 11 is 0. The molecule has 1 aromatic heterocycles. The third-order valence-electron chi connectivity index (χ3n) is 2.66. The maximum absolute atomic E-state index is 11.8. The van der Waals surface area contributed by atoms with Gasteiger partial charge in [0, 0.05) is 11.3 Å². The van der Waals surface area contributed by atoms with Crippen molar-refractivity contribution >= 4 is 12.1 Å². The molecular formula is C13H14N4O3. The molecule has 0 unspecified atom stereocenters. The number of phenolic OH excluding ortho intramolecular Hbond substituents is 1. The Kier molecular flexibility index (Phi) is 3.99. The number of aromatic amines is 1. The summed E-state index contributed by atoms with van der Waals surface area (Å²) in [6, 6.07) is 4.29. The summed E-state index contributed by atoms with van der Waals surface area (Å²) in [5.74, 6) is -0.211. The van der Waals surface area contributed by atoms with Crippen LogP contribution in [0.15, 0.2) is 29.6 Å². The monoisotopic (exact) mass is 274 g/mol. The second-order valence-corrected chi connectivity index (χ2v) is 4.00. The number of nitrogens with zero attached hydrogens (tertiary/aromatic N) is 2. The number of aromatic nitrogens is 2. The van der Waals surface area contributed by atoms with Gasteiger partial charge in [0.15, 0.2) is 11.5 Å². The molecule has 0 spiro atoms. The van der Waals surface area contributed by atoms with E-state index in [9.17, 15) is 9.90 Å². The van der Waals surface area contributed by atoms with Crippen molar-refractivity contribution in [1.29, 1.82) is 0 Å². The Hall–Kier alpha value is -2.83. The summed E-state index contributed by atoms with van der Waals surface area (Å²) in [4.78, 5) is 18.8. The largest absolute Gasteiger partial charge is 0.504 e. The van der Waals surface area contributed by atoms with Crippen molar-refractivity contribution in [3.63, 3.8) is 0 Å². The van der Waals surface area contributed by atoms with Gasteiger partial charge in [-0.1, -0.05) is 0 Å². The van der Waals surface area contributed by atoms with Crippen molar-refractivity contribution in [2.24, 2.45) is 5.10 Å². The molecule has 0 saturated heterocycles. The lowest BCUT2D eigenvalue weighted by Gasteiger charge is -2.05. The Bertz CT molecular complexity index is 649. The highest BCUT2D eigenvalue weighted by Crippen LogP contribution is 2.26. The Morgan fingerprint density at radius 2 is 2.35 bits per heavy atom. The van der Waals surface area contributed by atoms with E-state index in [1.807, 2.05) is 6.92 Å². The third kappa shape index (κ3) is 2.94. The molecule has 2 aromatic rings. The number of phenols is 1. The van der Waals surface area contributed by atoms with Crippen LogP contribution < -0.4 is 10.2 Å². The number of hydrogen-bond donors (Lipinski definition) is 3. The molecule has 7 nitrogen and oxygen atoms in total. The zero-order chi connectivity index (χ0) is 14.5. The second kappa shape index (κ2) is 5.87. The molecule has 7 heteroatoms. The van der Waals surface area contributed by atoms with Crippen LogP contribution in [0.1, 0.15) is 21.7 Å². The van der Waals surface area contributed by atoms with Crippen LogP contribution in [0.2, 0.25) is 0 Å². The Balaban J connectivity index is 2.05. The van der Waals surface area contributed by atoms with Crippen molar-refractivity contribution in [3.8, 4) is 11.5 Å². The molecule has 0 bridgehead atoms. The molecule has 1 aromatic carbocycles. The van der Waals surface area contributed by atoms with Crippen molar-refractivity contribution in [1.82, 2.24) is 15.4 Å². The molecule has 0 aliphatic rings. The molecule has 0 aliphatic carbocycles. The number of ether oxygens (including phenoxy) is 1. The van der Waals surface area contributed by atoms with E-state index in [0.29, 0.717) is 11.3 Å². The van der Waals surface area contributed by atoms with Crippen molar-refractivity contribution < 1.29 is 14.6 Å². The first-order valence-electron chi connectivity index (χ1n) is 5.82. The zero-order valence-electron chi connectivity index (χ0n) is 11.0. The van der Waals surface area contributed by atoms with E-state index in [4.69, 9.17) is 4.74 Å². The standard InChI is InChI=1S/C13H14N4O3/c1-8-10(15-7-14-8)6-16-17-13(19)9-3-4-11(18)12(5-9)20-2/h3-7,18H,1-2H3,(H,14,15)(H,17,19)/b16-6+. The Labute approximate surface area is 115 Å². The van der Waals surface area contributed by atoms with Gasteiger partial charge in [-0.05, 0) is 25.1 Å². The molecule has 20 heavy (non-hydrogen) atoms. The zero-order valence-corrected chi connectivity index (χ0v) is 11.0. The number of nitrogens with one attached hydrogen (secondary N) is 2. The molecule has 0 radical (unpaired) electrons. The van der Waals surface area contributed by atoms with E-state index in [0.717, 1.165) is 5.69 Å². The van der Waals surface area contributed by atoms with Crippen LogP contribution in [0.3, 0.4) is 0 Å². The number of carbonyl (C=O) groups excluding carboxylic acids is 1. The van der Waals surface area contributed by atoms with E-state index < -0.39 is 5.91 Å². The van der Waals surface area contributed by atoms with E-state index >= 15 is 0 Å². The fourth-order valence-corrected chi connectivity index (χ4v) is 1.54. The summed E-state index contributed by atoms with van der Waals surface area (Å²) in [6.07, 6.45) is 2.99. The van der Waals surface area contributed by atoms with Gasteiger partial charge in [0.2, 0.25) is 0 Å². The van der Waals surface area contributed by atoms with Gasteiger partial charge in [0.25, 0.3) is 5.91 Å². The van der Waals surface area contributed by atoms with Crippen LogP contribution >= 0.6 is 0 Å². The SMILES string of the molecule is COc1cc(C(=O)N/N=C/c2nc[nH]c2C)ccc1O. The minimum absolute atomic E-state index is 0.0281. The van der Waals surface area contributed by atoms with Crippen LogP contribution in [0.25, 0.3) is 0 Å². The molecule has 3 N–H and O–H groups in total. The number of carbonyl (C=O) groups is 1. The number of methoxy groups -OCH3 is 1. The van der Waals surface area contributed by atoms with Crippen LogP contribution in [-0.4, -0.2) is 34.3 Å². The highest BCUT2D eigenvalue weighted by atomic mass is 16.5. The molecule has 0 atom stereocenters. The Morgan fingerprint density at radius 3 is 3.00 bits per heavy atom. The van der Waals surface area contributed by atoms with Crippen LogP contribution in [0.5, 0.6) is 11.5 Å². The number of hydrazone groups is 1. The van der Waals surface area contributed by atoms with Gasteiger partial charge in [-0.2, -0.15) is 5.10 Å². The first-order chi connectivity index (χ1) is 9.61. The number of hydrogen-bond acceptors (Lipinski definition) is 5. The van der Waals surface area contributed by atoms with E-state index in [2.05, 4.69) is 20.5 Å². The molecule has 0 aliphatic heterocycles. The van der Waals surface area contributed by atoms with Crippen LogP contribution in [-0.2, 0) is 0 Å². The molecule has 1 heterocycles. The number of amides is 1. The lowest BCUT2D eigenvalue weighted by Crippen LogP contribution is -2.17. The Morgan fingerprint density at radius 1 is 1.55 bits per heavy atom. The minimum atomic E-state index is -0.410. The van der Waals surface area contributed by atoms with Crippen molar-refractivity contribution in [2.75, 3.05) is 7.11 Å². The minimum Gasteiger partial charge on any atom is -0.504 e. The maximum atomic E-state index is 11.8. The first-order valence-corrected chi connectivity index (χ1v) is 5.82. The molecule has 104 valence electrons. The van der Waals surface area contributed by atoms with E-state index in [-0.39, 0.29) is 11.5 Å². The van der Waals surface area contributed by atoms with Gasteiger partial charge in [-0.3, -0.25) is 4.79 Å². The maximum Gasteiger partial charge on any atom is 0.271 e. The quantitative estimate of drug-likeness (QED) is 0.576. The van der Waals surface area contributed by atoms with E-state index in [1.165, 1.54) is 31.5 Å². The van der Waals surface area contributed by atoms with Crippen molar-refractivity contribution in [3.05, 3.63) is 41.5 Å². The van der Waals surface area contributed by atoms with Gasteiger partial charge in [-0.25, -0.2) is 10.4 Å². The first kappa shape index (κ1) is 13.6. The average molecular weight is 274 g/mol. The number of aryl methyl sites for hydroxylation is 1. The molecular weight excluding hydrogens is 260 g/mol. The topological polar surface area (TPSA) is 99.6 Å². The number of aromatic hydroxyl groups is 1. The van der Waals surface area contributed by atoms with E-state index in [1.54, 1.807) is 6.33 Å². The number of imidazole rings is 1. The predicted molar refractivity (Wildman–Crippen MR) is 73.0 cm³/mol. The fourth-order valence-electron chi connectivity index (χ4n) is 1.54. The molecule has 1 amide bonds. The second-order valence-electron chi connectivity index (χ2n) is 4.00. The smallest absolute Gasteiger partial charge is 0.271 e. The highest BCUT2D eigenvalue weighted by Gasteiger charge is 2.08. The normalized spacial score (nSPS) is 10.7. The number of benzene rings is 1. The molecule has 2 rings (SSSR count). The number of rotatable bonds is 4. The summed E-state index contributed by atoms with van der Waals surface area (Å²) in [5, 5.41) is 13.3. The fraction of sp³-hybridized carbons (Fsp3) is 0.154. The van der Waals surface area contributed by atoms with Gasteiger partial charge in [0.1, 0.15) is 5.69 Å². The van der Waals surface area contributed by atoms with Gasteiger partial charge < -0.3 is 14.8 Å². The summed E-state index contributed by atoms with van der Waals surface area (Å²) in [7, 11) is 1.41. The summed E-state index contributed by atoms with van der Waals surface area (Å²) < 4.78 is 4.93. The average Bonchev–Trinajstić information content (AvgIpc) is 2.85. The summed E-state index contributed by atoms with van der Waals surface area (Å²) in [5.41, 5.74) is 4.21. The van der Waals surface area contributed by atoms with Gasteiger partial charge in [-0.15, -0.1) is 0 Å². The highest BCUT2D eigenvalue weighted by molar-refractivity contribution is 5.95. The van der Waals surface area contributed by atoms with Gasteiger partial charge in [0.05, 0.1) is 19.7 Å². The summed E-state index contributed by atoms with van der Waals surface area (Å²) in [6.45, 7) is 1.85. The van der Waals surface area contributed by atoms with Gasteiger partial charge >= 0.3 is 0 Å².